The van der Waals surface area contributed by atoms with Gasteiger partial charge in [0.2, 0.25) is 0 Å². The molecule has 9 aromatic rings. The van der Waals surface area contributed by atoms with Crippen molar-refractivity contribution < 1.29 is 0 Å². The van der Waals surface area contributed by atoms with Crippen LogP contribution in [-0.2, 0) is 16.2 Å². The number of aryl methyl sites for hydroxylation is 2. The first-order valence-electron chi connectivity index (χ1n) is 39.1. The first-order valence-corrected chi connectivity index (χ1v) is 39.1. The molecule has 0 amide bonds. The lowest BCUT2D eigenvalue weighted by atomic mass is 9.68. The molecule has 98 heavy (non-hydrogen) atoms. The molecule has 9 aromatic carbocycles. The van der Waals surface area contributed by atoms with E-state index in [2.05, 4.69) is 273 Å². The molecule has 2 aliphatic rings. The Balaban J connectivity index is 1.04. The van der Waals surface area contributed by atoms with Gasteiger partial charge in [0.25, 0.3) is 0 Å². The van der Waals surface area contributed by atoms with Crippen LogP contribution in [0.4, 0.5) is 34.1 Å². The van der Waals surface area contributed by atoms with E-state index in [9.17, 15) is 0 Å². The normalized spacial score (nSPS) is 13.3. The molecule has 0 unspecified atom stereocenters. The number of anilines is 6. The quantitative estimate of drug-likeness (QED) is 0.0358. The number of hydrogen-bond donors (Lipinski definition) is 0. The molecular weight excluding hydrogens is 1180 g/mol. The predicted octanol–water partition coefficient (Wildman–Crippen LogP) is 30.1. The largest absolute Gasteiger partial charge is 0.311 e. The second-order valence-electron chi connectivity index (χ2n) is 30.7. The summed E-state index contributed by atoms with van der Waals surface area (Å²) >= 11 is 0. The van der Waals surface area contributed by atoms with Gasteiger partial charge in [-0.3, -0.25) is 0 Å². The van der Waals surface area contributed by atoms with E-state index >= 15 is 0 Å². The van der Waals surface area contributed by atoms with Crippen molar-refractivity contribution in [2.75, 3.05) is 9.80 Å². The molecule has 0 aromatic heterocycles. The summed E-state index contributed by atoms with van der Waals surface area (Å²) in [5, 5.41) is 0. The lowest BCUT2D eigenvalue weighted by Crippen LogP contribution is -2.27. The zero-order valence-electron chi connectivity index (χ0n) is 62.0. The second kappa shape index (κ2) is 33.9. The molecule has 0 saturated carbocycles. The molecule has 0 N–H and O–H groups in total. The standard InChI is InChI=1S/C96H118N2/c1-11-16-20-24-28-32-64-95(65-33-29-25-21-17-12-2)90-68-77(75-42-56-83(57-43-75)97(80-50-36-72(6)37-51-80)82-54-40-74(15-5)41-55-82)46-62-86(90)88-70-93-89(71-92(88)95)87-63-47-78(69-91(87)96(93,66-34-30-26-22-18-13-3)67-35-31-27-23-19-14-4)76-44-58-84(59-45-76)98(81-52-38-73(7)39-53-81)85-60-48-79(49-61-85)94(8,9)10/h15,36-63,68-71H,5,11-14,16-35,64-67H2,1-4,6-10H3. The molecule has 2 nitrogen and oxygen atoms in total. The third-order valence-corrected chi connectivity index (χ3v) is 22.5. The van der Waals surface area contributed by atoms with Crippen molar-refractivity contribution in [3.8, 4) is 44.5 Å². The first kappa shape index (κ1) is 71.6. The molecule has 0 bridgehead atoms. The van der Waals surface area contributed by atoms with E-state index in [0.717, 1.165) is 22.6 Å². The van der Waals surface area contributed by atoms with Crippen molar-refractivity contribution in [1.82, 2.24) is 0 Å². The van der Waals surface area contributed by atoms with E-state index in [4.69, 9.17) is 0 Å². The van der Waals surface area contributed by atoms with Crippen molar-refractivity contribution in [3.05, 3.63) is 245 Å². The Hall–Kier alpha value is -7.68. The monoisotopic (exact) mass is 1300 g/mol. The van der Waals surface area contributed by atoms with Crippen LogP contribution in [0.25, 0.3) is 50.6 Å². The summed E-state index contributed by atoms with van der Waals surface area (Å²) in [5.74, 6) is 0. The van der Waals surface area contributed by atoms with Crippen LogP contribution in [0.2, 0.25) is 0 Å². The van der Waals surface area contributed by atoms with Crippen LogP contribution < -0.4 is 9.80 Å². The zero-order chi connectivity index (χ0) is 68.5. The van der Waals surface area contributed by atoms with Crippen LogP contribution in [-0.4, -0.2) is 0 Å². The Kier molecular flexibility index (Phi) is 24.8. The summed E-state index contributed by atoms with van der Waals surface area (Å²) in [4.78, 5) is 4.83. The van der Waals surface area contributed by atoms with Gasteiger partial charge in [0.1, 0.15) is 0 Å². The molecule has 11 rings (SSSR count). The SMILES string of the molecule is C=Cc1ccc(N(c2ccc(C)cc2)c2ccc(-c3ccc4c(c3)C(CCCCCCCC)(CCCCCCCC)c3cc5c(cc3-4)C(CCCCCCCC)(CCCCCCCC)c3cc(-c4ccc(N(c6ccc(C)cc6)c6ccc(C(C)(C)C)cc6)cc4)ccc3-5)cc2)cc1. The second-order valence-corrected chi connectivity index (χ2v) is 30.7. The Bertz CT molecular complexity index is 3930. The maximum Gasteiger partial charge on any atom is 0.0462 e. The van der Waals surface area contributed by atoms with Gasteiger partial charge in [0, 0.05) is 45.0 Å². The number of hydrogen-bond acceptors (Lipinski definition) is 2. The fraction of sp³-hybridized carbons (Fsp3) is 0.417. The maximum absolute atomic E-state index is 4.06. The van der Waals surface area contributed by atoms with E-state index in [0.29, 0.717) is 0 Å². The van der Waals surface area contributed by atoms with Crippen LogP contribution in [0.3, 0.4) is 0 Å². The molecular formula is C96H118N2. The number of fused-ring (bicyclic) bond motifs is 6. The Labute approximate surface area is 594 Å². The fourth-order valence-corrected chi connectivity index (χ4v) is 16.8. The van der Waals surface area contributed by atoms with Crippen LogP contribution in [0.5, 0.6) is 0 Å². The third kappa shape index (κ3) is 16.5. The van der Waals surface area contributed by atoms with Crippen LogP contribution in [0, 0.1) is 13.8 Å². The number of rotatable bonds is 37. The molecule has 0 saturated heterocycles. The van der Waals surface area contributed by atoms with Crippen molar-refractivity contribution in [1.29, 1.82) is 0 Å². The Morgan fingerprint density at radius 3 is 0.867 bits per heavy atom. The highest BCUT2D eigenvalue weighted by molar-refractivity contribution is 5.92. The van der Waals surface area contributed by atoms with Crippen LogP contribution in [0.1, 0.15) is 273 Å². The predicted molar refractivity (Wildman–Crippen MR) is 429 cm³/mol. The summed E-state index contributed by atoms with van der Waals surface area (Å²) in [7, 11) is 0. The smallest absolute Gasteiger partial charge is 0.0462 e. The molecule has 2 heteroatoms. The van der Waals surface area contributed by atoms with Gasteiger partial charge >= 0.3 is 0 Å². The van der Waals surface area contributed by atoms with Crippen molar-refractivity contribution in [3.63, 3.8) is 0 Å². The highest BCUT2D eigenvalue weighted by Gasteiger charge is 2.48. The van der Waals surface area contributed by atoms with E-state index < -0.39 is 0 Å². The lowest BCUT2D eigenvalue weighted by Gasteiger charge is -2.35. The number of unbranched alkanes of at least 4 members (excludes halogenated alkanes) is 20. The van der Waals surface area contributed by atoms with E-state index in [-0.39, 0.29) is 16.2 Å². The summed E-state index contributed by atoms with van der Waals surface area (Å²) < 4.78 is 0. The summed E-state index contributed by atoms with van der Waals surface area (Å²) in [6, 6.07) is 76.3. The summed E-state index contributed by atoms with van der Waals surface area (Å²) in [6.07, 6.45) is 38.0. The van der Waals surface area contributed by atoms with Gasteiger partial charge in [-0.05, 0) is 220 Å². The lowest BCUT2D eigenvalue weighted by molar-refractivity contribution is 0.394. The Morgan fingerprint density at radius 2 is 0.561 bits per heavy atom. The summed E-state index contributed by atoms with van der Waals surface area (Å²) in [5.41, 5.74) is 29.5. The number of benzene rings is 9. The van der Waals surface area contributed by atoms with E-state index in [1.54, 1.807) is 22.3 Å². The van der Waals surface area contributed by atoms with Gasteiger partial charge in [-0.15, -0.1) is 0 Å². The fourth-order valence-electron chi connectivity index (χ4n) is 16.8. The molecule has 0 aliphatic heterocycles. The van der Waals surface area contributed by atoms with Crippen LogP contribution in [0.15, 0.2) is 201 Å². The minimum atomic E-state index is -0.0856. The highest BCUT2D eigenvalue weighted by atomic mass is 15.1. The Morgan fingerprint density at radius 1 is 0.296 bits per heavy atom. The molecule has 0 radical (unpaired) electrons. The molecule has 0 spiro atoms. The molecule has 0 fully saturated rings. The average molecular weight is 1300 g/mol. The first-order chi connectivity index (χ1) is 47.8. The minimum Gasteiger partial charge on any atom is -0.311 e. The van der Waals surface area contributed by atoms with Gasteiger partial charge in [-0.2, -0.15) is 0 Å². The zero-order valence-corrected chi connectivity index (χ0v) is 62.0. The average Bonchev–Trinajstić information content (AvgIpc) is 1.53. The van der Waals surface area contributed by atoms with Crippen molar-refractivity contribution in [2.24, 2.45) is 0 Å². The van der Waals surface area contributed by atoms with Crippen molar-refractivity contribution in [2.45, 2.75) is 258 Å². The van der Waals surface area contributed by atoms with E-state index in [1.807, 2.05) is 6.08 Å². The van der Waals surface area contributed by atoms with Gasteiger partial charge in [-0.1, -0.05) is 323 Å². The molecule has 0 heterocycles. The van der Waals surface area contributed by atoms with Gasteiger partial charge in [0.15, 0.2) is 0 Å². The van der Waals surface area contributed by atoms with Gasteiger partial charge in [0.05, 0.1) is 0 Å². The topological polar surface area (TPSA) is 6.48 Å². The minimum absolute atomic E-state index is 0.0807. The van der Waals surface area contributed by atoms with Gasteiger partial charge in [-0.25, -0.2) is 0 Å². The van der Waals surface area contributed by atoms with Gasteiger partial charge < -0.3 is 9.80 Å². The molecule has 2 aliphatic carbocycles. The van der Waals surface area contributed by atoms with Crippen LogP contribution >= 0.6 is 0 Å². The number of nitrogens with zero attached hydrogens (tertiary/aromatic N) is 2. The molecule has 512 valence electrons. The molecule has 0 atom stereocenters. The third-order valence-electron chi connectivity index (χ3n) is 22.5. The van der Waals surface area contributed by atoms with E-state index in [1.165, 1.54) is 258 Å². The van der Waals surface area contributed by atoms with Crippen molar-refractivity contribution >= 4 is 40.2 Å². The highest BCUT2D eigenvalue weighted by Crippen LogP contribution is 2.62. The maximum atomic E-state index is 4.06. The summed E-state index contributed by atoms with van der Waals surface area (Å²) in [6.45, 7) is 24.7.